The monoisotopic (exact) mass is 248 g/mol. The predicted octanol–water partition coefficient (Wildman–Crippen LogP) is 2.46. The van der Waals surface area contributed by atoms with Gasteiger partial charge in [-0.1, -0.05) is 26.0 Å². The van der Waals surface area contributed by atoms with Crippen LogP contribution in [0.3, 0.4) is 0 Å². The summed E-state index contributed by atoms with van der Waals surface area (Å²) >= 11 is 0. The number of benzene rings is 1. The molecule has 1 rings (SSSR count). The van der Waals surface area contributed by atoms with E-state index in [1.165, 1.54) is 5.56 Å². The van der Waals surface area contributed by atoms with Gasteiger partial charge in [0.1, 0.15) is 0 Å². The van der Waals surface area contributed by atoms with Crippen LogP contribution in [0.4, 0.5) is 5.69 Å². The molecule has 0 spiro atoms. The molecular weight excluding hydrogens is 224 g/mol. The van der Waals surface area contributed by atoms with E-state index in [1.807, 2.05) is 26.2 Å². The lowest BCUT2D eigenvalue weighted by Gasteiger charge is -2.18. The molecule has 0 saturated heterocycles. The summed E-state index contributed by atoms with van der Waals surface area (Å²) in [7, 11) is 3.68. The predicted molar refractivity (Wildman–Crippen MR) is 76.9 cm³/mol. The van der Waals surface area contributed by atoms with Crippen LogP contribution < -0.4 is 10.2 Å². The van der Waals surface area contributed by atoms with E-state index in [0.717, 1.165) is 12.1 Å². The molecule has 0 aliphatic rings. The Hall–Kier alpha value is -1.35. The van der Waals surface area contributed by atoms with Crippen molar-refractivity contribution in [1.82, 2.24) is 5.32 Å². The molecule has 0 unspecified atom stereocenters. The third-order valence-corrected chi connectivity index (χ3v) is 2.93. The molecule has 0 aliphatic carbocycles. The van der Waals surface area contributed by atoms with Gasteiger partial charge in [0.25, 0.3) is 0 Å². The standard InChI is InChI=1S/C15H24N2O/c1-12(2)11-13-5-7-14(8-6-13)17(4)15(18)9-10-16-3/h5-8,12,16H,9-11H2,1-4H3. The minimum atomic E-state index is 0.140. The molecule has 1 amide bonds. The number of rotatable bonds is 6. The fourth-order valence-electron chi connectivity index (χ4n) is 1.87. The van der Waals surface area contributed by atoms with Crippen molar-refractivity contribution in [1.29, 1.82) is 0 Å². The number of nitrogens with one attached hydrogen (secondary N) is 1. The molecule has 0 radical (unpaired) electrons. The number of carbonyl (C=O) groups is 1. The molecule has 0 fully saturated rings. The lowest BCUT2D eigenvalue weighted by molar-refractivity contribution is -0.118. The lowest BCUT2D eigenvalue weighted by Crippen LogP contribution is -2.28. The summed E-state index contributed by atoms with van der Waals surface area (Å²) in [6.07, 6.45) is 1.61. The molecule has 18 heavy (non-hydrogen) atoms. The second kappa shape index (κ2) is 7.17. The van der Waals surface area contributed by atoms with Gasteiger partial charge in [0, 0.05) is 25.7 Å². The van der Waals surface area contributed by atoms with E-state index in [4.69, 9.17) is 0 Å². The Kier molecular flexibility index (Phi) is 5.86. The van der Waals surface area contributed by atoms with E-state index in [1.54, 1.807) is 4.90 Å². The highest BCUT2D eigenvalue weighted by Gasteiger charge is 2.10. The van der Waals surface area contributed by atoms with E-state index in [9.17, 15) is 4.79 Å². The van der Waals surface area contributed by atoms with Gasteiger partial charge in [0.15, 0.2) is 0 Å². The molecule has 0 aliphatic heterocycles. The Balaban J connectivity index is 2.63. The summed E-state index contributed by atoms with van der Waals surface area (Å²) in [5.74, 6) is 0.798. The van der Waals surface area contributed by atoms with Crippen molar-refractivity contribution in [3.8, 4) is 0 Å². The summed E-state index contributed by atoms with van der Waals surface area (Å²) < 4.78 is 0. The molecule has 100 valence electrons. The molecular formula is C15H24N2O. The van der Waals surface area contributed by atoms with Gasteiger partial charge in [-0.05, 0) is 37.1 Å². The maximum absolute atomic E-state index is 11.9. The van der Waals surface area contributed by atoms with Gasteiger partial charge in [-0.15, -0.1) is 0 Å². The number of nitrogens with zero attached hydrogens (tertiary/aromatic N) is 1. The average molecular weight is 248 g/mol. The zero-order valence-corrected chi connectivity index (χ0v) is 11.9. The number of hydrogen-bond donors (Lipinski definition) is 1. The number of amides is 1. The van der Waals surface area contributed by atoms with Crippen molar-refractivity contribution >= 4 is 11.6 Å². The smallest absolute Gasteiger partial charge is 0.227 e. The van der Waals surface area contributed by atoms with E-state index >= 15 is 0 Å². The highest BCUT2D eigenvalue weighted by Crippen LogP contribution is 2.16. The second-order valence-corrected chi connectivity index (χ2v) is 5.07. The van der Waals surface area contributed by atoms with Crippen molar-refractivity contribution in [3.63, 3.8) is 0 Å². The van der Waals surface area contributed by atoms with Crippen LogP contribution in [0.2, 0.25) is 0 Å². The summed E-state index contributed by atoms with van der Waals surface area (Å²) in [4.78, 5) is 13.6. The normalized spacial score (nSPS) is 10.7. The van der Waals surface area contributed by atoms with Gasteiger partial charge in [-0.3, -0.25) is 4.79 Å². The van der Waals surface area contributed by atoms with Crippen molar-refractivity contribution in [2.45, 2.75) is 26.7 Å². The SMILES string of the molecule is CNCCC(=O)N(C)c1ccc(CC(C)C)cc1. The molecule has 3 heteroatoms. The summed E-state index contributed by atoms with van der Waals surface area (Å²) in [5, 5.41) is 2.99. The highest BCUT2D eigenvalue weighted by atomic mass is 16.2. The average Bonchev–Trinajstić information content (AvgIpc) is 2.35. The Morgan fingerprint density at radius 1 is 1.28 bits per heavy atom. The van der Waals surface area contributed by atoms with Gasteiger partial charge >= 0.3 is 0 Å². The van der Waals surface area contributed by atoms with E-state index in [2.05, 4.69) is 31.3 Å². The van der Waals surface area contributed by atoms with Crippen molar-refractivity contribution < 1.29 is 4.79 Å². The maximum Gasteiger partial charge on any atom is 0.227 e. The largest absolute Gasteiger partial charge is 0.319 e. The van der Waals surface area contributed by atoms with Gasteiger partial charge in [-0.25, -0.2) is 0 Å². The summed E-state index contributed by atoms with van der Waals surface area (Å²) in [6.45, 7) is 5.14. The first-order valence-corrected chi connectivity index (χ1v) is 6.54. The molecule has 1 aromatic rings. The molecule has 0 saturated carbocycles. The molecule has 3 nitrogen and oxygen atoms in total. The van der Waals surface area contributed by atoms with Crippen LogP contribution in [0.1, 0.15) is 25.8 Å². The summed E-state index contributed by atoms with van der Waals surface area (Å²) in [6, 6.07) is 8.26. The highest BCUT2D eigenvalue weighted by molar-refractivity contribution is 5.92. The molecule has 0 bridgehead atoms. The van der Waals surface area contributed by atoms with E-state index < -0.39 is 0 Å². The fourth-order valence-corrected chi connectivity index (χ4v) is 1.87. The molecule has 1 N–H and O–H groups in total. The van der Waals surface area contributed by atoms with Crippen molar-refractivity contribution in [3.05, 3.63) is 29.8 Å². The first kappa shape index (κ1) is 14.7. The van der Waals surface area contributed by atoms with Gasteiger partial charge in [-0.2, -0.15) is 0 Å². The Labute approximate surface area is 110 Å². The number of anilines is 1. The van der Waals surface area contributed by atoms with Crippen LogP contribution in [-0.2, 0) is 11.2 Å². The topological polar surface area (TPSA) is 32.3 Å². The van der Waals surface area contributed by atoms with E-state index in [0.29, 0.717) is 18.9 Å². The van der Waals surface area contributed by atoms with Crippen LogP contribution in [0.25, 0.3) is 0 Å². The van der Waals surface area contributed by atoms with Crippen molar-refractivity contribution in [2.75, 3.05) is 25.5 Å². The Bertz CT molecular complexity index is 371. The van der Waals surface area contributed by atoms with Gasteiger partial charge in [0.2, 0.25) is 5.91 Å². The van der Waals surface area contributed by atoms with Crippen LogP contribution in [0, 0.1) is 5.92 Å². The van der Waals surface area contributed by atoms with Crippen LogP contribution in [-0.4, -0.2) is 26.5 Å². The first-order chi connectivity index (χ1) is 8.54. The van der Waals surface area contributed by atoms with Crippen LogP contribution >= 0.6 is 0 Å². The fraction of sp³-hybridized carbons (Fsp3) is 0.533. The van der Waals surface area contributed by atoms with E-state index in [-0.39, 0.29) is 5.91 Å². The van der Waals surface area contributed by atoms with Crippen LogP contribution in [0.15, 0.2) is 24.3 Å². The summed E-state index contributed by atoms with van der Waals surface area (Å²) in [5.41, 5.74) is 2.29. The van der Waals surface area contributed by atoms with Gasteiger partial charge < -0.3 is 10.2 Å². The minimum absolute atomic E-state index is 0.140. The molecule has 0 heterocycles. The maximum atomic E-state index is 11.9. The molecule has 0 atom stereocenters. The Morgan fingerprint density at radius 3 is 2.39 bits per heavy atom. The van der Waals surface area contributed by atoms with Crippen LogP contribution in [0.5, 0.6) is 0 Å². The van der Waals surface area contributed by atoms with Gasteiger partial charge in [0.05, 0.1) is 0 Å². The molecule has 1 aromatic carbocycles. The van der Waals surface area contributed by atoms with Crippen molar-refractivity contribution in [2.24, 2.45) is 5.92 Å². The number of carbonyl (C=O) groups excluding carboxylic acids is 1. The second-order valence-electron chi connectivity index (χ2n) is 5.07. The zero-order chi connectivity index (χ0) is 13.5. The zero-order valence-electron chi connectivity index (χ0n) is 11.9. The quantitative estimate of drug-likeness (QED) is 0.838. The third kappa shape index (κ3) is 4.49. The molecule has 0 aromatic heterocycles. The lowest BCUT2D eigenvalue weighted by atomic mass is 10.0. The number of hydrogen-bond acceptors (Lipinski definition) is 2. The Morgan fingerprint density at radius 2 is 1.89 bits per heavy atom. The minimum Gasteiger partial charge on any atom is -0.319 e. The third-order valence-electron chi connectivity index (χ3n) is 2.93. The first-order valence-electron chi connectivity index (χ1n) is 6.54.